The second-order valence-corrected chi connectivity index (χ2v) is 9.25. The molecule has 2 aromatic carbocycles. The fraction of sp³-hybridized carbons (Fsp3) is 0.400. The molecule has 0 bridgehead atoms. The highest BCUT2D eigenvalue weighted by Gasteiger charge is 2.13. The van der Waals surface area contributed by atoms with Crippen LogP contribution < -0.4 is 15.8 Å². The third-order valence-corrected chi connectivity index (χ3v) is 6.60. The average Bonchev–Trinajstić information content (AvgIpc) is 2.85. The number of unbranched alkanes of at least 4 members (excludes halogenated alkanes) is 2. The van der Waals surface area contributed by atoms with Gasteiger partial charge in [0.15, 0.2) is 4.77 Å². The molecule has 34 heavy (non-hydrogen) atoms. The number of morpholine rings is 1. The van der Waals surface area contributed by atoms with E-state index < -0.39 is 0 Å². The van der Waals surface area contributed by atoms with E-state index in [1.165, 1.54) is 0 Å². The second kappa shape index (κ2) is 11.6. The van der Waals surface area contributed by atoms with E-state index in [0.29, 0.717) is 47.9 Å². The summed E-state index contributed by atoms with van der Waals surface area (Å²) in [6.07, 6.45) is 2.82. The molecule has 180 valence electrons. The molecule has 0 saturated carbocycles. The van der Waals surface area contributed by atoms with Gasteiger partial charge in [0.25, 0.3) is 5.56 Å². The van der Waals surface area contributed by atoms with Gasteiger partial charge >= 0.3 is 0 Å². The van der Waals surface area contributed by atoms with Crippen LogP contribution in [-0.4, -0.2) is 41.8 Å². The number of benzene rings is 2. The smallest absolute Gasteiger partial charge is 0.262 e. The first-order chi connectivity index (χ1) is 16.5. The number of aromatic amines is 1. The van der Waals surface area contributed by atoms with E-state index in [1.807, 2.05) is 42.5 Å². The number of hydrogen-bond acceptors (Lipinski definition) is 5. The molecule has 0 spiro atoms. The lowest BCUT2D eigenvalue weighted by atomic mass is 10.1. The van der Waals surface area contributed by atoms with E-state index in [2.05, 4.69) is 15.2 Å². The Hall–Kier alpha value is -2.68. The maximum atomic E-state index is 13.2. The van der Waals surface area contributed by atoms with E-state index in [9.17, 15) is 9.59 Å². The molecular weight excluding hydrogens is 472 g/mol. The van der Waals surface area contributed by atoms with Crippen LogP contribution in [0.1, 0.15) is 31.2 Å². The van der Waals surface area contributed by atoms with Crippen molar-refractivity contribution in [3.63, 3.8) is 0 Å². The van der Waals surface area contributed by atoms with Crippen molar-refractivity contribution in [2.45, 2.75) is 38.8 Å². The summed E-state index contributed by atoms with van der Waals surface area (Å²) < 4.78 is 7.48. The lowest BCUT2D eigenvalue weighted by Crippen LogP contribution is -2.36. The number of nitrogens with one attached hydrogen (secondary N) is 2. The van der Waals surface area contributed by atoms with Crippen LogP contribution in [0.15, 0.2) is 47.3 Å². The Morgan fingerprint density at radius 1 is 1.09 bits per heavy atom. The second-order valence-electron chi connectivity index (χ2n) is 8.43. The summed E-state index contributed by atoms with van der Waals surface area (Å²) in [6.45, 7) is 4.03. The van der Waals surface area contributed by atoms with Gasteiger partial charge in [-0.25, -0.2) is 0 Å². The number of anilines is 1. The first-order valence-electron chi connectivity index (χ1n) is 11.6. The standard InChI is InChI=1S/C25H29ClN4O3S/c26-19-7-5-18(6-8-19)17-27-23(31)4-2-1-3-11-30-24(32)21-16-20(29-12-14-33-15-13-29)9-10-22(21)28-25(30)34/h5-10,16H,1-4,11-15,17H2,(H,27,31)(H,28,34). The van der Waals surface area contributed by atoms with Gasteiger partial charge in [-0.05, 0) is 61.0 Å². The van der Waals surface area contributed by atoms with Crippen LogP contribution >= 0.6 is 23.8 Å². The summed E-state index contributed by atoms with van der Waals surface area (Å²) in [4.78, 5) is 30.7. The number of fused-ring (bicyclic) bond motifs is 1. The highest BCUT2D eigenvalue weighted by atomic mass is 35.5. The predicted molar refractivity (Wildman–Crippen MR) is 138 cm³/mol. The van der Waals surface area contributed by atoms with Crippen LogP contribution in [0.25, 0.3) is 10.9 Å². The summed E-state index contributed by atoms with van der Waals surface area (Å²) in [5, 5.41) is 4.24. The van der Waals surface area contributed by atoms with E-state index in [1.54, 1.807) is 4.57 Å². The molecule has 0 aliphatic carbocycles. The number of carbonyl (C=O) groups excluding carboxylic acids is 1. The van der Waals surface area contributed by atoms with Crippen LogP contribution in [-0.2, 0) is 22.6 Å². The Morgan fingerprint density at radius 2 is 1.85 bits per heavy atom. The Bertz CT molecular complexity index is 1250. The Kier molecular flexibility index (Phi) is 8.37. The van der Waals surface area contributed by atoms with Crippen molar-refractivity contribution in [1.82, 2.24) is 14.9 Å². The number of aromatic nitrogens is 2. The minimum atomic E-state index is -0.0745. The zero-order valence-electron chi connectivity index (χ0n) is 19.0. The number of nitrogens with zero attached hydrogens (tertiary/aromatic N) is 2. The Morgan fingerprint density at radius 3 is 2.62 bits per heavy atom. The van der Waals surface area contributed by atoms with Crippen LogP contribution in [0.2, 0.25) is 5.02 Å². The molecule has 2 N–H and O–H groups in total. The van der Waals surface area contributed by atoms with Crippen molar-refractivity contribution in [3.05, 3.63) is 68.2 Å². The molecule has 0 radical (unpaired) electrons. The molecule has 1 aliphatic rings. The van der Waals surface area contributed by atoms with Crippen LogP contribution in [0.4, 0.5) is 5.69 Å². The maximum absolute atomic E-state index is 13.2. The molecule has 1 fully saturated rings. The lowest BCUT2D eigenvalue weighted by molar-refractivity contribution is -0.121. The average molecular weight is 501 g/mol. The van der Waals surface area contributed by atoms with Crippen molar-refractivity contribution in [3.8, 4) is 0 Å². The number of halogens is 1. The number of amides is 1. The van der Waals surface area contributed by atoms with Crippen LogP contribution in [0.3, 0.4) is 0 Å². The van der Waals surface area contributed by atoms with E-state index >= 15 is 0 Å². The SMILES string of the molecule is O=C(CCCCCn1c(=S)[nH]c2ccc(N3CCOCC3)cc2c1=O)NCc1ccc(Cl)cc1. The highest BCUT2D eigenvalue weighted by Crippen LogP contribution is 2.20. The molecule has 9 heteroatoms. The molecule has 4 rings (SSSR count). The van der Waals surface area contributed by atoms with Crippen molar-refractivity contribution in [2.75, 3.05) is 31.2 Å². The van der Waals surface area contributed by atoms with Gasteiger partial charge in [0.1, 0.15) is 0 Å². The minimum absolute atomic E-state index is 0.0192. The normalized spacial score (nSPS) is 13.9. The van der Waals surface area contributed by atoms with Crippen molar-refractivity contribution in [1.29, 1.82) is 0 Å². The van der Waals surface area contributed by atoms with Crippen molar-refractivity contribution in [2.24, 2.45) is 0 Å². The van der Waals surface area contributed by atoms with Crippen LogP contribution in [0, 0.1) is 4.77 Å². The van der Waals surface area contributed by atoms with Gasteiger partial charge in [-0.2, -0.15) is 0 Å². The lowest BCUT2D eigenvalue weighted by Gasteiger charge is -2.29. The fourth-order valence-electron chi connectivity index (χ4n) is 4.08. The zero-order valence-corrected chi connectivity index (χ0v) is 20.6. The fourth-order valence-corrected chi connectivity index (χ4v) is 4.49. The first kappa shape index (κ1) is 24.4. The van der Waals surface area contributed by atoms with Gasteiger partial charge in [-0.15, -0.1) is 0 Å². The quantitative estimate of drug-likeness (QED) is 0.336. The Labute approximate surface area is 208 Å². The summed E-state index contributed by atoms with van der Waals surface area (Å²) >= 11 is 11.3. The summed E-state index contributed by atoms with van der Waals surface area (Å²) in [5.74, 6) is 0.0192. The molecular formula is C25H29ClN4O3S. The third-order valence-electron chi connectivity index (χ3n) is 6.03. The van der Waals surface area contributed by atoms with E-state index in [0.717, 1.165) is 49.1 Å². The minimum Gasteiger partial charge on any atom is -0.378 e. The Balaban J connectivity index is 1.29. The predicted octanol–water partition coefficient (Wildman–Crippen LogP) is 4.43. The maximum Gasteiger partial charge on any atom is 0.262 e. The van der Waals surface area contributed by atoms with Gasteiger partial charge in [0.2, 0.25) is 5.91 Å². The largest absolute Gasteiger partial charge is 0.378 e. The monoisotopic (exact) mass is 500 g/mol. The molecule has 0 unspecified atom stereocenters. The van der Waals surface area contributed by atoms with Gasteiger partial charge in [0, 0.05) is 43.3 Å². The molecule has 0 atom stereocenters. The molecule has 7 nitrogen and oxygen atoms in total. The van der Waals surface area contributed by atoms with E-state index in [4.69, 9.17) is 28.6 Å². The number of ether oxygens (including phenoxy) is 1. The van der Waals surface area contributed by atoms with Crippen molar-refractivity contribution < 1.29 is 9.53 Å². The number of carbonyl (C=O) groups is 1. The van der Waals surface area contributed by atoms with Gasteiger partial charge in [-0.3, -0.25) is 14.2 Å². The number of rotatable bonds is 9. The van der Waals surface area contributed by atoms with Gasteiger partial charge in [-0.1, -0.05) is 30.2 Å². The zero-order chi connectivity index (χ0) is 23.9. The molecule has 2 heterocycles. The summed E-state index contributed by atoms with van der Waals surface area (Å²) in [5.41, 5.74) is 2.71. The topological polar surface area (TPSA) is 79.4 Å². The van der Waals surface area contributed by atoms with Gasteiger partial charge in [0.05, 0.1) is 24.1 Å². The summed E-state index contributed by atoms with van der Waals surface area (Å²) in [7, 11) is 0. The summed E-state index contributed by atoms with van der Waals surface area (Å²) in [6, 6.07) is 13.3. The highest BCUT2D eigenvalue weighted by molar-refractivity contribution is 7.71. The van der Waals surface area contributed by atoms with Crippen molar-refractivity contribution >= 4 is 46.3 Å². The molecule has 1 amide bonds. The van der Waals surface area contributed by atoms with E-state index in [-0.39, 0.29) is 11.5 Å². The molecule has 1 aliphatic heterocycles. The molecule has 1 saturated heterocycles. The number of hydrogen-bond donors (Lipinski definition) is 2. The first-order valence-corrected chi connectivity index (χ1v) is 12.4. The third kappa shape index (κ3) is 6.25. The molecule has 1 aromatic heterocycles. The number of H-pyrrole nitrogens is 1. The van der Waals surface area contributed by atoms with Gasteiger partial charge < -0.3 is 19.9 Å². The van der Waals surface area contributed by atoms with Crippen LogP contribution in [0.5, 0.6) is 0 Å². The molecule has 3 aromatic rings.